The van der Waals surface area contributed by atoms with Crippen LogP contribution in [-0.2, 0) is 6.54 Å². The second-order valence-electron chi connectivity index (χ2n) is 6.07. The van der Waals surface area contributed by atoms with E-state index < -0.39 is 5.56 Å². The van der Waals surface area contributed by atoms with Gasteiger partial charge >= 0.3 is 0 Å². The van der Waals surface area contributed by atoms with Gasteiger partial charge in [0.15, 0.2) is 11.2 Å². The van der Waals surface area contributed by atoms with Gasteiger partial charge in [-0.2, -0.15) is 0 Å². The van der Waals surface area contributed by atoms with Gasteiger partial charge in [-0.05, 0) is 25.3 Å². The van der Waals surface area contributed by atoms with E-state index in [1.165, 1.54) is 4.68 Å². The van der Waals surface area contributed by atoms with E-state index in [0.717, 1.165) is 24.0 Å². The highest BCUT2D eigenvalue weighted by atomic mass is 16.2. The molecule has 0 atom stereocenters. The molecule has 0 spiro atoms. The Morgan fingerprint density at radius 1 is 1.33 bits per heavy atom. The van der Waals surface area contributed by atoms with Crippen LogP contribution in [0.5, 0.6) is 0 Å². The molecule has 1 aromatic carbocycles. The molecule has 1 saturated carbocycles. The van der Waals surface area contributed by atoms with Gasteiger partial charge in [0.25, 0.3) is 11.5 Å². The molecule has 2 aromatic heterocycles. The Balaban J connectivity index is 1.70. The Hall–Kier alpha value is -3.03. The molecule has 1 amide bonds. The summed E-state index contributed by atoms with van der Waals surface area (Å²) in [6.07, 6.45) is 1.93. The summed E-state index contributed by atoms with van der Waals surface area (Å²) in [6.45, 7) is 2.44. The van der Waals surface area contributed by atoms with Gasteiger partial charge in [-0.25, -0.2) is 9.67 Å². The molecule has 122 valence electrons. The normalized spacial score (nSPS) is 14.0. The smallest absolute Gasteiger partial charge is 0.287 e. The van der Waals surface area contributed by atoms with E-state index in [-0.39, 0.29) is 23.3 Å². The van der Waals surface area contributed by atoms with Crippen molar-refractivity contribution in [2.24, 2.45) is 0 Å². The van der Waals surface area contributed by atoms with Crippen LogP contribution in [0, 0.1) is 6.92 Å². The van der Waals surface area contributed by atoms with Crippen molar-refractivity contribution in [3.63, 3.8) is 0 Å². The predicted molar refractivity (Wildman–Crippen MR) is 86.7 cm³/mol. The lowest BCUT2D eigenvalue weighted by Gasteiger charge is -2.04. The number of amides is 1. The van der Waals surface area contributed by atoms with Crippen molar-refractivity contribution in [3.8, 4) is 0 Å². The van der Waals surface area contributed by atoms with E-state index in [0.29, 0.717) is 12.2 Å². The second-order valence-corrected chi connectivity index (χ2v) is 6.07. The second kappa shape index (κ2) is 5.55. The highest BCUT2D eigenvalue weighted by Crippen LogP contribution is 2.19. The molecule has 0 bridgehead atoms. The summed E-state index contributed by atoms with van der Waals surface area (Å²) < 4.78 is 1.53. The van der Waals surface area contributed by atoms with Crippen LogP contribution < -0.4 is 10.9 Å². The number of nitrogens with zero attached hydrogens (tertiary/aromatic N) is 4. The molecular formula is C16H16N6O2. The topological polar surface area (TPSA) is 106 Å². The van der Waals surface area contributed by atoms with Gasteiger partial charge in [0.05, 0.1) is 6.54 Å². The van der Waals surface area contributed by atoms with Crippen molar-refractivity contribution in [2.45, 2.75) is 32.4 Å². The SMILES string of the molecule is Cc1ccc(Cn2nnc3c(=O)[nH]c(C(=O)NC4CC4)nc32)cc1. The molecule has 0 unspecified atom stereocenters. The number of nitrogens with one attached hydrogen (secondary N) is 2. The van der Waals surface area contributed by atoms with Crippen LogP contribution in [0.15, 0.2) is 29.1 Å². The molecule has 1 aliphatic carbocycles. The predicted octanol–water partition coefficient (Wildman–Crippen LogP) is 0.764. The number of hydrogen-bond acceptors (Lipinski definition) is 5. The summed E-state index contributed by atoms with van der Waals surface area (Å²) in [5.74, 6) is -0.383. The van der Waals surface area contributed by atoms with Gasteiger partial charge in [0.2, 0.25) is 5.82 Å². The van der Waals surface area contributed by atoms with Gasteiger partial charge in [0, 0.05) is 6.04 Å². The maximum Gasteiger partial charge on any atom is 0.287 e. The standard InChI is InChI=1S/C16H16N6O2/c1-9-2-4-10(5-3-9)8-22-14-12(20-21-22)15(23)19-13(18-14)16(24)17-11-6-7-11/h2-5,11H,6-8H2,1H3,(H,17,24)(H,18,19,23). The number of benzene rings is 1. The maximum absolute atomic E-state index is 12.1. The van der Waals surface area contributed by atoms with Gasteiger partial charge in [-0.1, -0.05) is 35.0 Å². The summed E-state index contributed by atoms with van der Waals surface area (Å²) in [6, 6.07) is 8.16. The van der Waals surface area contributed by atoms with E-state index in [1.807, 2.05) is 31.2 Å². The lowest BCUT2D eigenvalue weighted by molar-refractivity contribution is 0.0940. The van der Waals surface area contributed by atoms with E-state index in [2.05, 4.69) is 25.6 Å². The fourth-order valence-corrected chi connectivity index (χ4v) is 2.43. The van der Waals surface area contributed by atoms with Crippen LogP contribution in [-0.4, -0.2) is 36.9 Å². The van der Waals surface area contributed by atoms with E-state index >= 15 is 0 Å². The Kier molecular flexibility index (Phi) is 3.37. The first kappa shape index (κ1) is 14.6. The Morgan fingerprint density at radius 2 is 2.08 bits per heavy atom. The minimum atomic E-state index is -0.462. The highest BCUT2D eigenvalue weighted by Gasteiger charge is 2.25. The van der Waals surface area contributed by atoms with Crippen molar-refractivity contribution < 1.29 is 4.79 Å². The van der Waals surface area contributed by atoms with Crippen molar-refractivity contribution >= 4 is 17.1 Å². The zero-order chi connectivity index (χ0) is 16.7. The quantitative estimate of drug-likeness (QED) is 0.737. The average Bonchev–Trinajstić information content (AvgIpc) is 3.29. The minimum absolute atomic E-state index is 0.00754. The van der Waals surface area contributed by atoms with Crippen LogP contribution in [0.4, 0.5) is 0 Å². The van der Waals surface area contributed by atoms with Crippen LogP contribution in [0.1, 0.15) is 34.6 Å². The summed E-state index contributed by atoms with van der Waals surface area (Å²) >= 11 is 0. The average molecular weight is 324 g/mol. The third kappa shape index (κ3) is 2.78. The highest BCUT2D eigenvalue weighted by molar-refractivity contribution is 5.92. The molecule has 4 rings (SSSR count). The number of H-pyrrole nitrogens is 1. The molecule has 0 saturated heterocycles. The van der Waals surface area contributed by atoms with E-state index in [1.54, 1.807) is 0 Å². The number of aromatic amines is 1. The van der Waals surface area contributed by atoms with Gasteiger partial charge < -0.3 is 10.3 Å². The van der Waals surface area contributed by atoms with Gasteiger partial charge in [-0.3, -0.25) is 9.59 Å². The Labute approximate surface area is 136 Å². The molecule has 0 radical (unpaired) electrons. The number of hydrogen-bond donors (Lipinski definition) is 2. The van der Waals surface area contributed by atoms with Crippen molar-refractivity contribution in [1.29, 1.82) is 0 Å². The number of carbonyl (C=O) groups is 1. The number of rotatable bonds is 4. The Bertz CT molecular complexity index is 968. The van der Waals surface area contributed by atoms with Crippen LogP contribution >= 0.6 is 0 Å². The first-order chi connectivity index (χ1) is 11.6. The Morgan fingerprint density at radius 3 is 2.79 bits per heavy atom. The molecule has 2 N–H and O–H groups in total. The zero-order valence-corrected chi connectivity index (χ0v) is 13.1. The number of aromatic nitrogens is 5. The van der Waals surface area contributed by atoms with Crippen molar-refractivity contribution in [3.05, 3.63) is 51.6 Å². The summed E-state index contributed by atoms with van der Waals surface area (Å²) in [5.41, 5.74) is 2.15. The lowest BCUT2D eigenvalue weighted by atomic mass is 10.1. The molecule has 3 aromatic rings. The van der Waals surface area contributed by atoms with Crippen LogP contribution in [0.2, 0.25) is 0 Å². The first-order valence-corrected chi connectivity index (χ1v) is 7.80. The molecule has 2 heterocycles. The minimum Gasteiger partial charge on any atom is -0.347 e. The van der Waals surface area contributed by atoms with E-state index in [9.17, 15) is 9.59 Å². The molecule has 8 heteroatoms. The maximum atomic E-state index is 12.1. The summed E-state index contributed by atoms with van der Waals surface area (Å²) in [4.78, 5) is 31.0. The molecule has 1 fully saturated rings. The lowest BCUT2D eigenvalue weighted by Crippen LogP contribution is -2.29. The monoisotopic (exact) mass is 324 g/mol. The van der Waals surface area contributed by atoms with Crippen molar-refractivity contribution in [2.75, 3.05) is 0 Å². The zero-order valence-electron chi connectivity index (χ0n) is 13.1. The molecule has 8 nitrogen and oxygen atoms in total. The third-order valence-electron chi connectivity index (χ3n) is 3.95. The fraction of sp³-hybridized carbons (Fsp3) is 0.312. The summed E-state index contributed by atoms with van der Waals surface area (Å²) in [7, 11) is 0. The van der Waals surface area contributed by atoms with Crippen LogP contribution in [0.25, 0.3) is 11.2 Å². The van der Waals surface area contributed by atoms with Gasteiger partial charge in [-0.15, -0.1) is 5.10 Å². The summed E-state index contributed by atoms with van der Waals surface area (Å²) in [5, 5.41) is 10.7. The first-order valence-electron chi connectivity index (χ1n) is 7.80. The third-order valence-corrected chi connectivity index (χ3v) is 3.95. The van der Waals surface area contributed by atoms with Crippen molar-refractivity contribution in [1.82, 2.24) is 30.3 Å². The fourth-order valence-electron chi connectivity index (χ4n) is 2.43. The largest absolute Gasteiger partial charge is 0.347 e. The molecule has 24 heavy (non-hydrogen) atoms. The molecule has 1 aliphatic rings. The van der Waals surface area contributed by atoms with E-state index in [4.69, 9.17) is 0 Å². The van der Waals surface area contributed by atoms with Gasteiger partial charge in [0.1, 0.15) is 0 Å². The molecular weight excluding hydrogens is 308 g/mol. The van der Waals surface area contributed by atoms with Crippen LogP contribution in [0.3, 0.4) is 0 Å². The number of aryl methyl sites for hydroxylation is 1. The number of carbonyl (C=O) groups excluding carboxylic acids is 1. The number of fused-ring (bicyclic) bond motifs is 1. The molecule has 0 aliphatic heterocycles.